The number of benzene rings is 2. The average Bonchev–Trinajstić information content (AvgIpc) is 3.37. The highest BCUT2D eigenvalue weighted by atomic mass is 16.6. The molecule has 0 atom stereocenters. The summed E-state index contributed by atoms with van der Waals surface area (Å²) in [5.41, 5.74) is 2.78. The molecule has 0 aliphatic carbocycles. The van der Waals surface area contributed by atoms with Crippen molar-refractivity contribution in [2.24, 2.45) is 4.99 Å². The maximum atomic E-state index is 12.4. The van der Waals surface area contributed by atoms with Gasteiger partial charge in [0.15, 0.2) is 17.2 Å². The van der Waals surface area contributed by atoms with Crippen LogP contribution in [-0.4, -0.2) is 34.9 Å². The molecule has 0 radical (unpaired) electrons. The summed E-state index contributed by atoms with van der Waals surface area (Å²) in [4.78, 5) is 16.7. The number of carbonyl (C=O) groups is 1. The highest BCUT2D eigenvalue weighted by Gasteiger charge is 2.25. The predicted octanol–water partition coefficient (Wildman–Crippen LogP) is 4.07. The second-order valence-corrected chi connectivity index (χ2v) is 6.82. The highest BCUT2D eigenvalue weighted by molar-refractivity contribution is 6.13. The van der Waals surface area contributed by atoms with Crippen LogP contribution in [0, 0.1) is 0 Å². The largest absolute Gasteiger partial charge is 0.490 e. The minimum Gasteiger partial charge on any atom is -0.490 e. The molecule has 2 aromatic carbocycles. The first-order valence-corrected chi connectivity index (χ1v) is 10.1. The van der Waals surface area contributed by atoms with E-state index in [4.69, 9.17) is 14.2 Å². The smallest absolute Gasteiger partial charge is 0.363 e. The lowest BCUT2D eigenvalue weighted by molar-refractivity contribution is -0.129. The molecular formula is C24H23N3O4. The summed E-state index contributed by atoms with van der Waals surface area (Å²) in [6.07, 6.45) is 5.23. The lowest BCUT2D eigenvalue weighted by Crippen LogP contribution is -2.06. The molecule has 4 rings (SSSR count). The number of esters is 1. The van der Waals surface area contributed by atoms with Crippen LogP contribution in [0.3, 0.4) is 0 Å². The Morgan fingerprint density at radius 3 is 2.58 bits per heavy atom. The van der Waals surface area contributed by atoms with Crippen LogP contribution in [0.1, 0.15) is 30.5 Å². The molecular weight excluding hydrogens is 394 g/mol. The highest BCUT2D eigenvalue weighted by Crippen LogP contribution is 2.30. The third-order valence-electron chi connectivity index (χ3n) is 4.55. The molecule has 1 aliphatic heterocycles. The summed E-state index contributed by atoms with van der Waals surface area (Å²) in [6.45, 7) is 5.48. The van der Waals surface area contributed by atoms with Gasteiger partial charge in [0.25, 0.3) is 0 Å². The summed E-state index contributed by atoms with van der Waals surface area (Å²) in [7, 11) is 0. The topological polar surface area (TPSA) is 74.9 Å². The van der Waals surface area contributed by atoms with Crippen molar-refractivity contribution in [3.05, 3.63) is 83.3 Å². The van der Waals surface area contributed by atoms with Gasteiger partial charge in [-0.15, -0.1) is 0 Å². The third kappa shape index (κ3) is 4.83. The Morgan fingerprint density at radius 1 is 1.03 bits per heavy atom. The number of carbonyl (C=O) groups excluding carboxylic acids is 1. The fraction of sp³-hybridized carbons (Fsp3) is 0.208. The minimum atomic E-state index is -0.502. The van der Waals surface area contributed by atoms with Gasteiger partial charge in [0.1, 0.15) is 0 Å². The molecule has 7 nitrogen and oxygen atoms in total. The molecule has 0 saturated carbocycles. The van der Waals surface area contributed by atoms with Crippen LogP contribution in [0.5, 0.6) is 11.5 Å². The van der Waals surface area contributed by atoms with Gasteiger partial charge >= 0.3 is 5.97 Å². The van der Waals surface area contributed by atoms with Gasteiger partial charge < -0.3 is 14.2 Å². The number of aliphatic imine (C=N–C) groups is 1. The lowest BCUT2D eigenvalue weighted by Gasteiger charge is -2.11. The number of aromatic nitrogens is 2. The van der Waals surface area contributed by atoms with E-state index in [9.17, 15) is 4.79 Å². The Kier molecular flexibility index (Phi) is 6.12. The van der Waals surface area contributed by atoms with E-state index >= 15 is 0 Å². The normalized spacial score (nSPS) is 14.5. The maximum absolute atomic E-state index is 12.4. The molecule has 158 valence electrons. The predicted molar refractivity (Wildman–Crippen MR) is 117 cm³/mol. The van der Waals surface area contributed by atoms with Crippen molar-refractivity contribution in [1.82, 2.24) is 9.78 Å². The van der Waals surface area contributed by atoms with Crippen LogP contribution < -0.4 is 9.47 Å². The molecule has 2 heterocycles. The first-order valence-electron chi connectivity index (χ1n) is 10.1. The Balaban J connectivity index is 1.54. The van der Waals surface area contributed by atoms with Crippen molar-refractivity contribution in [2.75, 3.05) is 13.2 Å². The van der Waals surface area contributed by atoms with Crippen LogP contribution in [0.2, 0.25) is 0 Å². The van der Waals surface area contributed by atoms with Crippen molar-refractivity contribution in [3.63, 3.8) is 0 Å². The van der Waals surface area contributed by atoms with Crippen molar-refractivity contribution in [3.8, 4) is 11.5 Å². The van der Waals surface area contributed by atoms with Crippen molar-refractivity contribution < 1.29 is 19.0 Å². The summed E-state index contributed by atoms with van der Waals surface area (Å²) in [5.74, 6) is 0.953. The Hall–Kier alpha value is -3.87. The van der Waals surface area contributed by atoms with Crippen LogP contribution in [0.4, 0.5) is 0 Å². The second-order valence-electron chi connectivity index (χ2n) is 6.82. The summed E-state index contributed by atoms with van der Waals surface area (Å²) >= 11 is 0. The molecule has 0 unspecified atom stereocenters. The van der Waals surface area contributed by atoms with E-state index in [-0.39, 0.29) is 11.6 Å². The standard InChI is InChI=1S/C24H23N3O4/c1-3-29-21-11-10-19(13-22(21)30-4-2)23-26-20(24(28)31-23)12-18-14-25-27(16-18)15-17-8-6-5-7-9-17/h5-14,16H,3-4,15H2,1-2H3/b20-12-. The third-order valence-corrected chi connectivity index (χ3v) is 4.55. The first kappa shape index (κ1) is 20.4. The van der Waals surface area contributed by atoms with E-state index in [0.29, 0.717) is 36.8 Å². The zero-order chi connectivity index (χ0) is 21.6. The van der Waals surface area contributed by atoms with Crippen molar-refractivity contribution >= 4 is 17.9 Å². The van der Waals surface area contributed by atoms with Crippen molar-refractivity contribution in [2.45, 2.75) is 20.4 Å². The summed E-state index contributed by atoms with van der Waals surface area (Å²) in [5, 5.41) is 4.36. The molecule has 0 saturated heterocycles. The molecule has 3 aromatic rings. The van der Waals surface area contributed by atoms with Crippen LogP contribution in [0.25, 0.3) is 6.08 Å². The Morgan fingerprint density at radius 2 is 1.81 bits per heavy atom. The Labute approximate surface area is 180 Å². The van der Waals surface area contributed by atoms with Crippen LogP contribution in [-0.2, 0) is 16.1 Å². The minimum absolute atomic E-state index is 0.223. The van der Waals surface area contributed by atoms with Crippen molar-refractivity contribution in [1.29, 1.82) is 0 Å². The zero-order valence-corrected chi connectivity index (χ0v) is 17.4. The molecule has 1 aromatic heterocycles. The zero-order valence-electron chi connectivity index (χ0n) is 17.4. The van der Waals surface area contributed by atoms with Gasteiger partial charge in [-0.2, -0.15) is 5.10 Å². The van der Waals surface area contributed by atoms with E-state index in [0.717, 1.165) is 11.1 Å². The lowest BCUT2D eigenvalue weighted by atomic mass is 10.2. The van der Waals surface area contributed by atoms with E-state index in [2.05, 4.69) is 10.1 Å². The monoisotopic (exact) mass is 417 g/mol. The van der Waals surface area contributed by atoms with Gasteiger partial charge in [-0.1, -0.05) is 30.3 Å². The maximum Gasteiger partial charge on any atom is 0.363 e. The number of nitrogens with zero attached hydrogens (tertiary/aromatic N) is 3. The molecule has 1 aliphatic rings. The van der Waals surface area contributed by atoms with E-state index < -0.39 is 5.97 Å². The quantitative estimate of drug-likeness (QED) is 0.408. The van der Waals surface area contributed by atoms with Gasteiger partial charge in [0, 0.05) is 17.3 Å². The number of hydrogen-bond acceptors (Lipinski definition) is 6. The number of ether oxygens (including phenoxy) is 3. The molecule has 0 N–H and O–H groups in total. The molecule has 7 heteroatoms. The van der Waals surface area contributed by atoms with E-state index in [1.54, 1.807) is 30.5 Å². The van der Waals surface area contributed by atoms with E-state index in [1.165, 1.54) is 0 Å². The molecule has 31 heavy (non-hydrogen) atoms. The van der Waals surface area contributed by atoms with Gasteiger partial charge in [-0.05, 0) is 43.7 Å². The van der Waals surface area contributed by atoms with Gasteiger partial charge in [-0.25, -0.2) is 9.79 Å². The number of cyclic esters (lactones) is 1. The molecule has 0 amide bonds. The SMILES string of the molecule is CCOc1ccc(C2=N/C(=C\c3cnn(Cc4ccccc4)c3)C(=O)O2)cc1OCC. The fourth-order valence-corrected chi connectivity index (χ4v) is 3.19. The summed E-state index contributed by atoms with van der Waals surface area (Å²) < 4.78 is 18.4. The van der Waals surface area contributed by atoms with E-state index in [1.807, 2.05) is 55.1 Å². The molecule has 0 bridgehead atoms. The van der Waals surface area contributed by atoms with Gasteiger partial charge in [-0.3, -0.25) is 4.68 Å². The number of rotatable bonds is 8. The molecule has 0 fully saturated rings. The molecule has 0 spiro atoms. The number of hydrogen-bond donors (Lipinski definition) is 0. The van der Waals surface area contributed by atoms with Crippen LogP contribution >= 0.6 is 0 Å². The summed E-state index contributed by atoms with van der Waals surface area (Å²) in [6, 6.07) is 15.4. The Bertz CT molecular complexity index is 1130. The van der Waals surface area contributed by atoms with Gasteiger partial charge in [0.05, 0.1) is 26.0 Å². The average molecular weight is 417 g/mol. The fourth-order valence-electron chi connectivity index (χ4n) is 3.19. The van der Waals surface area contributed by atoms with Crippen LogP contribution in [0.15, 0.2) is 71.6 Å². The first-order chi connectivity index (χ1) is 15.2. The second kappa shape index (κ2) is 9.30. The van der Waals surface area contributed by atoms with Gasteiger partial charge in [0.2, 0.25) is 5.90 Å².